The molecule has 0 saturated carbocycles. The van der Waals surface area contributed by atoms with Gasteiger partial charge in [0.2, 0.25) is 0 Å². The number of carbonyl (C=O) groups excluding carboxylic acids is 2. The van der Waals surface area contributed by atoms with Crippen molar-refractivity contribution in [2.45, 2.75) is 19.9 Å². The molecule has 0 bridgehead atoms. The van der Waals surface area contributed by atoms with Crippen LogP contribution in [0.1, 0.15) is 40.1 Å². The Labute approximate surface area is 140 Å². The molecule has 5 heteroatoms. The molecule has 2 atom stereocenters. The van der Waals surface area contributed by atoms with Gasteiger partial charge in [0.15, 0.2) is 5.78 Å². The molecule has 2 N–H and O–H groups in total. The Morgan fingerprint density at radius 2 is 1.62 bits per heavy atom. The first-order valence-corrected chi connectivity index (χ1v) is 7.75. The quantitative estimate of drug-likeness (QED) is 0.801. The lowest BCUT2D eigenvalue weighted by Crippen LogP contribution is -2.38. The van der Waals surface area contributed by atoms with Gasteiger partial charge in [-0.25, -0.2) is 4.39 Å². The molecular formula is C19H20FNO3. The van der Waals surface area contributed by atoms with Crippen LogP contribution in [0.3, 0.4) is 0 Å². The summed E-state index contributed by atoms with van der Waals surface area (Å²) in [6, 6.07) is 11.5. The third-order valence-corrected chi connectivity index (χ3v) is 4.02. The van der Waals surface area contributed by atoms with Crippen LogP contribution in [-0.4, -0.2) is 29.4 Å². The molecule has 2 rings (SSSR count). The SMILES string of the molecule is CC(CO)C(C)NC(=O)c1ccccc1C(=O)c1ccc(F)cc1. The average Bonchev–Trinajstić information content (AvgIpc) is 2.60. The Kier molecular flexibility index (Phi) is 5.82. The Morgan fingerprint density at radius 3 is 2.21 bits per heavy atom. The standard InChI is InChI=1S/C19H20FNO3/c1-12(11-22)13(2)21-19(24)17-6-4-3-5-16(17)18(23)14-7-9-15(20)10-8-14/h3-10,12-13,22H,11H2,1-2H3,(H,21,24). The van der Waals surface area contributed by atoms with Crippen LogP contribution in [0.15, 0.2) is 48.5 Å². The number of aliphatic hydroxyl groups is 1. The van der Waals surface area contributed by atoms with Crippen LogP contribution in [0.4, 0.5) is 4.39 Å². The minimum atomic E-state index is -0.426. The summed E-state index contributed by atoms with van der Waals surface area (Å²) in [5.74, 6) is -1.25. The summed E-state index contributed by atoms with van der Waals surface area (Å²) < 4.78 is 13.0. The van der Waals surface area contributed by atoms with Crippen molar-refractivity contribution in [2.24, 2.45) is 5.92 Å². The highest BCUT2D eigenvalue weighted by atomic mass is 19.1. The van der Waals surface area contributed by atoms with Crippen LogP contribution in [0.2, 0.25) is 0 Å². The molecule has 1 amide bonds. The molecule has 2 aromatic carbocycles. The summed E-state index contributed by atoms with van der Waals surface area (Å²) in [5, 5.41) is 12.0. The van der Waals surface area contributed by atoms with Crippen molar-refractivity contribution in [3.8, 4) is 0 Å². The maximum Gasteiger partial charge on any atom is 0.252 e. The molecule has 0 aliphatic rings. The number of rotatable bonds is 6. The fourth-order valence-corrected chi connectivity index (χ4v) is 2.22. The molecule has 0 fully saturated rings. The number of benzene rings is 2. The molecular weight excluding hydrogens is 309 g/mol. The summed E-state index contributed by atoms with van der Waals surface area (Å²) in [6.45, 7) is 3.57. The number of amides is 1. The van der Waals surface area contributed by atoms with E-state index in [1.165, 1.54) is 24.3 Å². The highest BCUT2D eigenvalue weighted by Gasteiger charge is 2.20. The van der Waals surface area contributed by atoms with E-state index in [4.69, 9.17) is 5.11 Å². The van der Waals surface area contributed by atoms with Crippen LogP contribution < -0.4 is 5.32 Å². The number of halogens is 1. The van der Waals surface area contributed by atoms with Gasteiger partial charge in [-0.05, 0) is 43.2 Å². The van der Waals surface area contributed by atoms with E-state index in [-0.39, 0.29) is 41.4 Å². The van der Waals surface area contributed by atoms with Crippen molar-refractivity contribution >= 4 is 11.7 Å². The van der Waals surface area contributed by atoms with Gasteiger partial charge in [-0.15, -0.1) is 0 Å². The Morgan fingerprint density at radius 1 is 1.04 bits per heavy atom. The summed E-state index contributed by atoms with van der Waals surface area (Å²) in [6.07, 6.45) is 0. The lowest BCUT2D eigenvalue weighted by molar-refractivity contribution is 0.0907. The summed E-state index contributed by atoms with van der Waals surface area (Å²) >= 11 is 0. The molecule has 0 aliphatic heterocycles. The van der Waals surface area contributed by atoms with Crippen molar-refractivity contribution in [2.75, 3.05) is 6.61 Å². The molecule has 0 aliphatic carbocycles. The van der Waals surface area contributed by atoms with E-state index in [2.05, 4.69) is 5.32 Å². The normalized spacial score (nSPS) is 13.2. The van der Waals surface area contributed by atoms with Crippen LogP contribution >= 0.6 is 0 Å². The molecule has 24 heavy (non-hydrogen) atoms. The van der Waals surface area contributed by atoms with E-state index < -0.39 is 5.82 Å². The number of hydrogen-bond acceptors (Lipinski definition) is 3. The molecule has 2 unspecified atom stereocenters. The van der Waals surface area contributed by atoms with Gasteiger partial charge in [0.05, 0.1) is 5.56 Å². The zero-order chi connectivity index (χ0) is 17.7. The van der Waals surface area contributed by atoms with Crippen LogP contribution in [0.25, 0.3) is 0 Å². The van der Waals surface area contributed by atoms with Crippen molar-refractivity contribution < 1.29 is 19.1 Å². The van der Waals surface area contributed by atoms with Gasteiger partial charge < -0.3 is 10.4 Å². The average molecular weight is 329 g/mol. The first-order chi connectivity index (χ1) is 11.4. The molecule has 126 valence electrons. The van der Waals surface area contributed by atoms with E-state index in [1.54, 1.807) is 31.2 Å². The largest absolute Gasteiger partial charge is 0.396 e. The fraction of sp³-hybridized carbons (Fsp3) is 0.263. The minimum Gasteiger partial charge on any atom is -0.396 e. The summed E-state index contributed by atoms with van der Waals surface area (Å²) in [7, 11) is 0. The smallest absolute Gasteiger partial charge is 0.252 e. The van der Waals surface area contributed by atoms with Gasteiger partial charge >= 0.3 is 0 Å². The number of hydrogen-bond donors (Lipinski definition) is 2. The monoisotopic (exact) mass is 329 g/mol. The van der Waals surface area contributed by atoms with Crippen molar-refractivity contribution in [3.63, 3.8) is 0 Å². The predicted molar refractivity (Wildman–Crippen MR) is 89.5 cm³/mol. The van der Waals surface area contributed by atoms with Gasteiger partial charge in [-0.2, -0.15) is 0 Å². The third-order valence-electron chi connectivity index (χ3n) is 4.02. The van der Waals surface area contributed by atoms with Crippen LogP contribution in [-0.2, 0) is 0 Å². The van der Waals surface area contributed by atoms with Crippen molar-refractivity contribution in [3.05, 3.63) is 71.0 Å². The van der Waals surface area contributed by atoms with Crippen molar-refractivity contribution in [1.29, 1.82) is 0 Å². The molecule has 0 radical (unpaired) electrons. The molecule has 0 spiro atoms. The van der Waals surface area contributed by atoms with Crippen molar-refractivity contribution in [1.82, 2.24) is 5.32 Å². The fourth-order valence-electron chi connectivity index (χ4n) is 2.22. The van der Waals surface area contributed by atoms with Crippen LogP contribution in [0.5, 0.6) is 0 Å². The Balaban J connectivity index is 2.28. The van der Waals surface area contributed by atoms with E-state index >= 15 is 0 Å². The lowest BCUT2D eigenvalue weighted by Gasteiger charge is -2.20. The molecule has 0 heterocycles. The van der Waals surface area contributed by atoms with Gasteiger partial charge in [0.25, 0.3) is 5.91 Å². The summed E-state index contributed by atoms with van der Waals surface area (Å²) in [5.41, 5.74) is 0.822. The zero-order valence-electron chi connectivity index (χ0n) is 13.6. The topological polar surface area (TPSA) is 66.4 Å². The lowest BCUT2D eigenvalue weighted by atomic mass is 9.97. The van der Waals surface area contributed by atoms with Crippen LogP contribution in [0, 0.1) is 11.7 Å². The van der Waals surface area contributed by atoms with E-state index in [0.717, 1.165) is 0 Å². The second-order valence-electron chi connectivity index (χ2n) is 5.80. The van der Waals surface area contributed by atoms with E-state index in [0.29, 0.717) is 5.56 Å². The number of carbonyl (C=O) groups is 2. The second kappa shape index (κ2) is 7.84. The van der Waals surface area contributed by atoms with Gasteiger partial charge in [0.1, 0.15) is 5.82 Å². The highest BCUT2D eigenvalue weighted by Crippen LogP contribution is 2.16. The number of nitrogens with one attached hydrogen (secondary N) is 1. The maximum absolute atomic E-state index is 13.0. The molecule has 4 nitrogen and oxygen atoms in total. The second-order valence-corrected chi connectivity index (χ2v) is 5.80. The molecule has 2 aromatic rings. The third kappa shape index (κ3) is 4.06. The first-order valence-electron chi connectivity index (χ1n) is 7.75. The number of aliphatic hydroxyl groups excluding tert-OH is 1. The Bertz CT molecular complexity index is 728. The first kappa shape index (κ1) is 17.8. The Hall–Kier alpha value is -2.53. The van der Waals surface area contributed by atoms with Gasteiger partial charge in [-0.3, -0.25) is 9.59 Å². The number of ketones is 1. The van der Waals surface area contributed by atoms with E-state index in [9.17, 15) is 14.0 Å². The highest BCUT2D eigenvalue weighted by molar-refractivity contribution is 6.15. The maximum atomic E-state index is 13.0. The van der Waals surface area contributed by atoms with Gasteiger partial charge in [0, 0.05) is 23.8 Å². The molecule has 0 saturated heterocycles. The van der Waals surface area contributed by atoms with E-state index in [1.807, 2.05) is 6.92 Å². The zero-order valence-corrected chi connectivity index (χ0v) is 13.6. The van der Waals surface area contributed by atoms with Gasteiger partial charge in [-0.1, -0.05) is 25.1 Å². The summed E-state index contributed by atoms with van der Waals surface area (Å²) in [4.78, 5) is 25.1. The minimum absolute atomic E-state index is 0.0440. The predicted octanol–water partition coefficient (Wildman–Crippen LogP) is 2.80. The molecule has 0 aromatic heterocycles.